The second-order valence-electron chi connectivity index (χ2n) is 4.97. The monoisotopic (exact) mass is 250 g/mol. The molecule has 0 radical (unpaired) electrons. The van der Waals surface area contributed by atoms with E-state index in [1.165, 1.54) is 5.56 Å². The van der Waals surface area contributed by atoms with Crippen molar-refractivity contribution in [3.8, 4) is 6.07 Å². The summed E-state index contributed by atoms with van der Waals surface area (Å²) in [7, 11) is 0. The fourth-order valence-electron chi connectivity index (χ4n) is 2.12. The van der Waals surface area contributed by atoms with Crippen LogP contribution in [0.5, 0.6) is 0 Å². The van der Waals surface area contributed by atoms with Gasteiger partial charge in [0.05, 0.1) is 17.7 Å². The Hall–Kier alpha value is -2.27. The van der Waals surface area contributed by atoms with Gasteiger partial charge >= 0.3 is 0 Å². The van der Waals surface area contributed by atoms with Crippen LogP contribution in [0, 0.1) is 17.2 Å². The molecule has 0 aliphatic rings. The van der Waals surface area contributed by atoms with Crippen LogP contribution in [-0.4, -0.2) is 0 Å². The fourth-order valence-corrected chi connectivity index (χ4v) is 2.12. The van der Waals surface area contributed by atoms with Crippen molar-refractivity contribution in [2.45, 2.75) is 19.9 Å². The molecule has 0 amide bonds. The maximum absolute atomic E-state index is 8.81. The first-order chi connectivity index (χ1) is 9.20. The first kappa shape index (κ1) is 13.2. The van der Waals surface area contributed by atoms with Crippen LogP contribution in [0.15, 0.2) is 54.6 Å². The molecule has 0 bridgehead atoms. The zero-order valence-corrected chi connectivity index (χ0v) is 11.3. The van der Waals surface area contributed by atoms with Crippen LogP contribution in [0.25, 0.3) is 0 Å². The molecule has 0 aromatic heterocycles. The number of hydrogen-bond acceptors (Lipinski definition) is 2. The van der Waals surface area contributed by atoms with Gasteiger partial charge < -0.3 is 5.32 Å². The van der Waals surface area contributed by atoms with Crippen molar-refractivity contribution in [3.05, 3.63) is 65.7 Å². The molecule has 1 unspecified atom stereocenters. The molecule has 0 saturated heterocycles. The SMILES string of the molecule is CC(C)C(Nc1ccc(C#N)cc1)c1ccccc1. The van der Waals surface area contributed by atoms with E-state index in [1.54, 1.807) is 0 Å². The van der Waals surface area contributed by atoms with Gasteiger partial charge in [-0.05, 0) is 35.7 Å². The average molecular weight is 250 g/mol. The maximum atomic E-state index is 8.81. The fraction of sp³-hybridized carbons (Fsp3) is 0.235. The highest BCUT2D eigenvalue weighted by Gasteiger charge is 2.14. The molecule has 19 heavy (non-hydrogen) atoms. The van der Waals surface area contributed by atoms with Crippen LogP contribution in [0.3, 0.4) is 0 Å². The highest BCUT2D eigenvalue weighted by molar-refractivity contribution is 5.49. The Morgan fingerprint density at radius 3 is 2.11 bits per heavy atom. The zero-order chi connectivity index (χ0) is 13.7. The Kier molecular flexibility index (Phi) is 4.20. The lowest BCUT2D eigenvalue weighted by Crippen LogP contribution is -2.16. The number of nitrogens with one attached hydrogen (secondary N) is 1. The number of nitriles is 1. The molecule has 1 N–H and O–H groups in total. The van der Waals surface area contributed by atoms with Gasteiger partial charge in [-0.2, -0.15) is 5.26 Å². The molecule has 96 valence electrons. The average Bonchev–Trinajstić information content (AvgIpc) is 2.46. The van der Waals surface area contributed by atoms with Crippen molar-refractivity contribution >= 4 is 5.69 Å². The minimum absolute atomic E-state index is 0.272. The molecule has 0 fully saturated rings. The standard InChI is InChI=1S/C17H18N2/c1-13(2)17(15-6-4-3-5-7-15)19-16-10-8-14(12-18)9-11-16/h3-11,13,17,19H,1-2H3. The first-order valence-corrected chi connectivity index (χ1v) is 6.52. The summed E-state index contributed by atoms with van der Waals surface area (Å²) >= 11 is 0. The van der Waals surface area contributed by atoms with E-state index < -0.39 is 0 Å². The van der Waals surface area contributed by atoms with Crippen LogP contribution in [0.1, 0.15) is 31.0 Å². The second kappa shape index (κ2) is 6.06. The van der Waals surface area contributed by atoms with E-state index in [0.29, 0.717) is 11.5 Å². The van der Waals surface area contributed by atoms with Gasteiger partial charge in [0, 0.05) is 5.69 Å². The third-order valence-electron chi connectivity index (χ3n) is 3.16. The van der Waals surface area contributed by atoms with Crippen LogP contribution >= 0.6 is 0 Å². The Bertz CT molecular complexity index is 550. The summed E-state index contributed by atoms with van der Waals surface area (Å²) in [6, 6.07) is 20.4. The van der Waals surface area contributed by atoms with Crippen molar-refractivity contribution in [1.29, 1.82) is 5.26 Å². The van der Waals surface area contributed by atoms with Crippen molar-refractivity contribution in [1.82, 2.24) is 0 Å². The minimum atomic E-state index is 0.272. The summed E-state index contributed by atoms with van der Waals surface area (Å²) < 4.78 is 0. The van der Waals surface area contributed by atoms with Gasteiger partial charge in [-0.3, -0.25) is 0 Å². The van der Waals surface area contributed by atoms with Crippen molar-refractivity contribution in [2.75, 3.05) is 5.32 Å². The lowest BCUT2D eigenvalue weighted by atomic mass is 9.96. The highest BCUT2D eigenvalue weighted by atomic mass is 14.9. The largest absolute Gasteiger partial charge is 0.378 e. The van der Waals surface area contributed by atoms with Gasteiger partial charge in [0.25, 0.3) is 0 Å². The predicted molar refractivity (Wildman–Crippen MR) is 78.8 cm³/mol. The van der Waals surface area contributed by atoms with E-state index in [2.05, 4.69) is 49.5 Å². The van der Waals surface area contributed by atoms with Crippen LogP contribution in [-0.2, 0) is 0 Å². The third kappa shape index (κ3) is 3.35. The van der Waals surface area contributed by atoms with E-state index in [0.717, 1.165) is 5.69 Å². The molecule has 2 rings (SSSR count). The lowest BCUT2D eigenvalue weighted by Gasteiger charge is -2.24. The van der Waals surface area contributed by atoms with Gasteiger partial charge in [0.2, 0.25) is 0 Å². The summed E-state index contributed by atoms with van der Waals surface area (Å²) in [5, 5.41) is 12.3. The molecular formula is C17H18N2. The lowest BCUT2D eigenvalue weighted by molar-refractivity contribution is 0.546. The number of anilines is 1. The van der Waals surface area contributed by atoms with E-state index >= 15 is 0 Å². The van der Waals surface area contributed by atoms with E-state index in [9.17, 15) is 0 Å². The minimum Gasteiger partial charge on any atom is -0.378 e. The molecule has 0 saturated carbocycles. The maximum Gasteiger partial charge on any atom is 0.0991 e. The van der Waals surface area contributed by atoms with Gasteiger partial charge in [-0.1, -0.05) is 44.2 Å². The van der Waals surface area contributed by atoms with Crippen LogP contribution in [0.4, 0.5) is 5.69 Å². The summed E-state index contributed by atoms with van der Waals surface area (Å²) in [5.74, 6) is 0.484. The summed E-state index contributed by atoms with van der Waals surface area (Å²) in [4.78, 5) is 0. The Balaban J connectivity index is 2.20. The van der Waals surface area contributed by atoms with E-state index in [-0.39, 0.29) is 6.04 Å². The van der Waals surface area contributed by atoms with E-state index in [4.69, 9.17) is 5.26 Å². The summed E-state index contributed by atoms with van der Waals surface area (Å²) in [6.07, 6.45) is 0. The number of hydrogen-bond donors (Lipinski definition) is 1. The van der Waals surface area contributed by atoms with Gasteiger partial charge in [-0.25, -0.2) is 0 Å². The molecular weight excluding hydrogens is 232 g/mol. The molecule has 2 nitrogen and oxygen atoms in total. The number of rotatable bonds is 4. The summed E-state index contributed by atoms with van der Waals surface area (Å²) in [5.41, 5.74) is 3.01. The third-order valence-corrected chi connectivity index (χ3v) is 3.16. The first-order valence-electron chi connectivity index (χ1n) is 6.52. The van der Waals surface area contributed by atoms with Crippen molar-refractivity contribution < 1.29 is 0 Å². The second-order valence-corrected chi connectivity index (χ2v) is 4.97. The molecule has 0 aliphatic heterocycles. The Labute approximate surface area is 114 Å². The number of benzene rings is 2. The predicted octanol–water partition coefficient (Wildman–Crippen LogP) is 4.37. The van der Waals surface area contributed by atoms with Crippen molar-refractivity contribution in [3.63, 3.8) is 0 Å². The topological polar surface area (TPSA) is 35.8 Å². The van der Waals surface area contributed by atoms with Crippen LogP contribution < -0.4 is 5.32 Å². The molecule has 0 spiro atoms. The smallest absolute Gasteiger partial charge is 0.0991 e. The molecule has 0 aliphatic carbocycles. The Morgan fingerprint density at radius 1 is 0.947 bits per heavy atom. The van der Waals surface area contributed by atoms with Gasteiger partial charge in [0.15, 0.2) is 0 Å². The summed E-state index contributed by atoms with van der Waals surface area (Å²) in [6.45, 7) is 4.41. The van der Waals surface area contributed by atoms with Crippen LogP contribution in [0.2, 0.25) is 0 Å². The van der Waals surface area contributed by atoms with Gasteiger partial charge in [0.1, 0.15) is 0 Å². The molecule has 2 aromatic carbocycles. The van der Waals surface area contributed by atoms with E-state index in [1.807, 2.05) is 30.3 Å². The molecule has 0 heterocycles. The Morgan fingerprint density at radius 2 is 1.58 bits per heavy atom. The molecule has 2 aromatic rings. The van der Waals surface area contributed by atoms with Gasteiger partial charge in [-0.15, -0.1) is 0 Å². The number of nitrogens with zero attached hydrogens (tertiary/aromatic N) is 1. The highest BCUT2D eigenvalue weighted by Crippen LogP contribution is 2.26. The molecule has 1 atom stereocenters. The normalized spacial score (nSPS) is 11.9. The molecule has 2 heteroatoms. The quantitative estimate of drug-likeness (QED) is 0.874. The van der Waals surface area contributed by atoms with Crippen molar-refractivity contribution in [2.24, 2.45) is 5.92 Å². The zero-order valence-electron chi connectivity index (χ0n) is 11.3.